The third-order valence-electron chi connectivity index (χ3n) is 3.48. The zero-order valence-electron chi connectivity index (χ0n) is 13.7. The number of carbonyl (C=O) groups excluding carboxylic acids is 1. The van der Waals surface area contributed by atoms with Crippen LogP contribution in [0, 0.1) is 5.92 Å². The first-order valence-electron chi connectivity index (χ1n) is 7.74. The van der Waals surface area contributed by atoms with Crippen LogP contribution in [0.2, 0.25) is 5.15 Å². The normalized spacial score (nSPS) is 12.6. The second-order valence-electron chi connectivity index (χ2n) is 5.31. The van der Waals surface area contributed by atoms with Gasteiger partial charge in [0, 0.05) is 12.7 Å². The number of esters is 1. The Kier molecular flexibility index (Phi) is 6.92. The second kappa shape index (κ2) is 8.94. The van der Waals surface area contributed by atoms with Gasteiger partial charge in [-0.1, -0.05) is 41.9 Å². The van der Waals surface area contributed by atoms with E-state index >= 15 is 0 Å². The van der Waals surface area contributed by atoms with E-state index in [2.05, 4.69) is 9.71 Å². The van der Waals surface area contributed by atoms with Crippen molar-refractivity contribution in [1.29, 1.82) is 0 Å². The lowest BCUT2D eigenvalue weighted by atomic mass is 10.00. The van der Waals surface area contributed by atoms with Gasteiger partial charge in [0.2, 0.25) is 10.0 Å². The van der Waals surface area contributed by atoms with Crippen molar-refractivity contribution in [2.75, 3.05) is 13.2 Å². The molecule has 0 saturated carbocycles. The van der Waals surface area contributed by atoms with Crippen molar-refractivity contribution in [3.63, 3.8) is 0 Å². The molecule has 1 aromatic carbocycles. The molecule has 6 nitrogen and oxygen atoms in total. The molecule has 1 N–H and O–H groups in total. The SMILES string of the molecule is CCOC(=O)C(CNS(=O)(=O)c1ccc(Cl)nc1)Cc1ccccc1. The van der Waals surface area contributed by atoms with Gasteiger partial charge in [0.25, 0.3) is 0 Å². The Morgan fingerprint density at radius 3 is 2.56 bits per heavy atom. The van der Waals surface area contributed by atoms with E-state index in [1.807, 2.05) is 30.3 Å². The molecule has 0 saturated heterocycles. The zero-order valence-corrected chi connectivity index (χ0v) is 15.3. The lowest BCUT2D eigenvalue weighted by Gasteiger charge is -2.16. The maximum Gasteiger partial charge on any atom is 0.310 e. The molecular weight excluding hydrogens is 364 g/mol. The number of hydrogen-bond acceptors (Lipinski definition) is 5. The summed E-state index contributed by atoms with van der Waals surface area (Å²) in [4.78, 5) is 15.9. The summed E-state index contributed by atoms with van der Waals surface area (Å²) >= 11 is 5.67. The Balaban J connectivity index is 2.10. The first kappa shape index (κ1) is 19.4. The number of sulfonamides is 1. The van der Waals surface area contributed by atoms with Gasteiger partial charge >= 0.3 is 5.97 Å². The summed E-state index contributed by atoms with van der Waals surface area (Å²) in [5.74, 6) is -1.07. The third-order valence-corrected chi connectivity index (χ3v) is 5.11. The van der Waals surface area contributed by atoms with Crippen LogP contribution in [0.1, 0.15) is 12.5 Å². The van der Waals surface area contributed by atoms with Crippen LogP contribution in [0.3, 0.4) is 0 Å². The molecule has 1 heterocycles. The highest BCUT2D eigenvalue weighted by atomic mass is 35.5. The van der Waals surface area contributed by atoms with Gasteiger partial charge in [-0.25, -0.2) is 18.1 Å². The molecule has 0 amide bonds. The monoisotopic (exact) mass is 382 g/mol. The van der Waals surface area contributed by atoms with Crippen LogP contribution < -0.4 is 4.72 Å². The zero-order chi connectivity index (χ0) is 18.3. The first-order chi connectivity index (χ1) is 11.9. The smallest absolute Gasteiger partial charge is 0.310 e. The van der Waals surface area contributed by atoms with Gasteiger partial charge in [0.05, 0.1) is 12.5 Å². The molecule has 25 heavy (non-hydrogen) atoms. The Hall–Kier alpha value is -1.96. The van der Waals surface area contributed by atoms with Gasteiger partial charge < -0.3 is 4.74 Å². The number of nitrogens with zero attached hydrogens (tertiary/aromatic N) is 1. The number of aromatic nitrogens is 1. The summed E-state index contributed by atoms with van der Waals surface area (Å²) in [5.41, 5.74) is 0.924. The van der Waals surface area contributed by atoms with Crippen LogP contribution in [0.25, 0.3) is 0 Å². The molecular formula is C17H19ClN2O4S. The summed E-state index contributed by atoms with van der Waals surface area (Å²) < 4.78 is 32.2. The van der Waals surface area contributed by atoms with Crippen molar-refractivity contribution >= 4 is 27.6 Å². The summed E-state index contributed by atoms with van der Waals surface area (Å²) in [6.07, 6.45) is 1.54. The average Bonchev–Trinajstić information content (AvgIpc) is 2.60. The largest absolute Gasteiger partial charge is 0.466 e. The standard InChI is InChI=1S/C17H19ClN2O4S/c1-2-24-17(21)14(10-13-6-4-3-5-7-13)11-20-25(22,23)15-8-9-16(18)19-12-15/h3-9,12,14,20H,2,10-11H2,1H3. The molecule has 8 heteroatoms. The van der Waals surface area contributed by atoms with Gasteiger partial charge in [-0.2, -0.15) is 0 Å². The Morgan fingerprint density at radius 1 is 1.24 bits per heavy atom. The highest BCUT2D eigenvalue weighted by Crippen LogP contribution is 2.14. The van der Waals surface area contributed by atoms with Gasteiger partial charge in [0.1, 0.15) is 10.0 Å². The maximum absolute atomic E-state index is 12.3. The van der Waals surface area contributed by atoms with E-state index in [1.54, 1.807) is 6.92 Å². The van der Waals surface area contributed by atoms with Crippen molar-refractivity contribution in [2.24, 2.45) is 5.92 Å². The fraction of sp³-hybridized carbons (Fsp3) is 0.294. The highest BCUT2D eigenvalue weighted by molar-refractivity contribution is 7.89. The van der Waals surface area contributed by atoms with E-state index in [9.17, 15) is 13.2 Å². The predicted molar refractivity (Wildman–Crippen MR) is 94.7 cm³/mol. The molecule has 2 rings (SSSR count). The molecule has 2 aromatic rings. The number of halogens is 1. The highest BCUT2D eigenvalue weighted by Gasteiger charge is 2.24. The van der Waals surface area contributed by atoms with Crippen molar-refractivity contribution in [3.8, 4) is 0 Å². The molecule has 1 unspecified atom stereocenters. The second-order valence-corrected chi connectivity index (χ2v) is 7.46. The predicted octanol–water partition coefficient (Wildman–Crippen LogP) is 2.44. The molecule has 0 aliphatic rings. The molecule has 134 valence electrons. The number of carbonyl (C=O) groups is 1. The Bertz CT molecular complexity index is 795. The van der Waals surface area contributed by atoms with E-state index in [-0.39, 0.29) is 23.2 Å². The number of pyridine rings is 1. The molecule has 0 aliphatic heterocycles. The number of ether oxygens (including phenoxy) is 1. The van der Waals surface area contributed by atoms with E-state index in [4.69, 9.17) is 16.3 Å². The van der Waals surface area contributed by atoms with Crippen molar-refractivity contribution < 1.29 is 17.9 Å². The summed E-state index contributed by atoms with van der Waals surface area (Å²) in [7, 11) is -3.79. The summed E-state index contributed by atoms with van der Waals surface area (Å²) in [6, 6.07) is 12.1. The van der Waals surface area contributed by atoms with Gasteiger partial charge in [-0.15, -0.1) is 0 Å². The minimum absolute atomic E-state index is 0.0146. The van der Waals surface area contributed by atoms with Gasteiger partial charge in [-0.05, 0) is 31.0 Å². The molecule has 0 bridgehead atoms. The van der Waals surface area contributed by atoms with E-state index in [0.717, 1.165) is 5.56 Å². The molecule has 0 radical (unpaired) electrons. The fourth-order valence-electron chi connectivity index (χ4n) is 2.21. The van der Waals surface area contributed by atoms with E-state index in [0.29, 0.717) is 6.42 Å². The third kappa shape index (κ3) is 5.81. The molecule has 0 fully saturated rings. The van der Waals surface area contributed by atoms with E-state index in [1.165, 1.54) is 18.3 Å². The van der Waals surface area contributed by atoms with Crippen LogP contribution in [-0.4, -0.2) is 32.5 Å². The summed E-state index contributed by atoms with van der Waals surface area (Å²) in [6.45, 7) is 1.87. The maximum atomic E-state index is 12.3. The van der Waals surface area contributed by atoms with Gasteiger partial charge in [0.15, 0.2) is 0 Å². The van der Waals surface area contributed by atoms with Gasteiger partial charge in [-0.3, -0.25) is 4.79 Å². The molecule has 1 aromatic heterocycles. The molecule has 0 aliphatic carbocycles. The summed E-state index contributed by atoms with van der Waals surface area (Å²) in [5, 5.41) is 0.201. The quantitative estimate of drug-likeness (QED) is 0.559. The van der Waals surface area contributed by atoms with Crippen LogP contribution in [0.4, 0.5) is 0 Å². The lowest BCUT2D eigenvalue weighted by Crippen LogP contribution is -2.35. The van der Waals surface area contributed by atoms with Crippen LogP contribution in [0.15, 0.2) is 53.6 Å². The molecule has 1 atom stereocenters. The van der Waals surface area contributed by atoms with E-state index < -0.39 is 21.9 Å². The number of hydrogen-bond donors (Lipinski definition) is 1. The van der Waals surface area contributed by atoms with Crippen LogP contribution in [0.5, 0.6) is 0 Å². The molecule has 0 spiro atoms. The Labute approximate surface area is 152 Å². The topological polar surface area (TPSA) is 85.4 Å². The van der Waals surface area contributed by atoms with Crippen molar-refractivity contribution in [2.45, 2.75) is 18.2 Å². The van der Waals surface area contributed by atoms with Crippen LogP contribution >= 0.6 is 11.6 Å². The number of benzene rings is 1. The minimum Gasteiger partial charge on any atom is -0.466 e. The lowest BCUT2D eigenvalue weighted by molar-refractivity contribution is -0.147. The number of nitrogens with one attached hydrogen (secondary N) is 1. The van der Waals surface area contributed by atoms with Crippen LogP contribution in [-0.2, 0) is 26.0 Å². The number of rotatable bonds is 8. The average molecular weight is 383 g/mol. The van der Waals surface area contributed by atoms with Crippen molar-refractivity contribution in [1.82, 2.24) is 9.71 Å². The minimum atomic E-state index is -3.79. The fourth-order valence-corrected chi connectivity index (χ4v) is 3.35. The van der Waals surface area contributed by atoms with Crippen molar-refractivity contribution in [3.05, 3.63) is 59.4 Å². The Morgan fingerprint density at radius 2 is 1.96 bits per heavy atom. The first-order valence-corrected chi connectivity index (χ1v) is 9.60.